The topological polar surface area (TPSA) is 68.3 Å². The summed E-state index contributed by atoms with van der Waals surface area (Å²) in [6, 6.07) is 5.63. The Morgan fingerprint density at radius 2 is 1.75 bits per heavy atom. The molecule has 2 rings (SSSR count). The number of aromatic nitrogens is 1. The second kappa shape index (κ2) is 7.83. The van der Waals surface area contributed by atoms with Gasteiger partial charge < -0.3 is 10.1 Å². The van der Waals surface area contributed by atoms with Crippen molar-refractivity contribution in [3.05, 3.63) is 56.3 Å². The molecule has 2 aromatic rings. The number of aryl methyl sites for hydroxylation is 2. The van der Waals surface area contributed by atoms with Gasteiger partial charge in [-0.1, -0.05) is 53.0 Å². The van der Waals surface area contributed by atoms with Gasteiger partial charge in [0.1, 0.15) is 0 Å². The maximum absolute atomic E-state index is 12.0. The monoisotopic (exact) mass is 386 g/mol. The quantitative estimate of drug-likeness (QED) is 0.787. The van der Waals surface area contributed by atoms with Gasteiger partial charge in [0, 0.05) is 11.9 Å². The predicted octanol–water partition coefficient (Wildman–Crippen LogP) is 4.45. The van der Waals surface area contributed by atoms with Crippen LogP contribution in [0, 0.1) is 13.8 Å². The number of nitrogens with zero attached hydrogens (tertiary/aromatic N) is 1. The fourth-order valence-electron chi connectivity index (χ4n) is 1.97. The lowest BCUT2D eigenvalue weighted by Gasteiger charge is -2.12. The van der Waals surface area contributed by atoms with Crippen molar-refractivity contribution in [2.24, 2.45) is 0 Å². The molecule has 0 unspecified atom stereocenters. The first-order chi connectivity index (χ1) is 11.3. The van der Waals surface area contributed by atoms with Crippen LogP contribution < -0.4 is 5.32 Å². The van der Waals surface area contributed by atoms with E-state index in [1.54, 1.807) is 0 Å². The molecular weight excluding hydrogens is 375 g/mol. The Morgan fingerprint density at radius 1 is 1.12 bits per heavy atom. The summed E-state index contributed by atoms with van der Waals surface area (Å²) in [6.45, 7) is 3.26. The lowest BCUT2D eigenvalue weighted by Crippen LogP contribution is -2.22. The number of pyridine rings is 1. The molecule has 0 aliphatic carbocycles. The number of benzene rings is 1. The number of rotatable bonds is 4. The minimum atomic E-state index is -0.866. The Morgan fingerprint density at radius 3 is 2.38 bits per heavy atom. The van der Waals surface area contributed by atoms with Gasteiger partial charge in [-0.05, 0) is 25.0 Å². The van der Waals surface area contributed by atoms with Crippen LogP contribution in [-0.2, 0) is 9.53 Å². The van der Waals surface area contributed by atoms with E-state index >= 15 is 0 Å². The average molecular weight is 388 g/mol. The number of halogens is 3. The molecule has 0 aliphatic rings. The van der Waals surface area contributed by atoms with E-state index in [0.717, 1.165) is 11.1 Å². The standard InChI is InChI=1S/C16H13Cl3N2O3/c1-8-4-3-5-9(2)14(8)21-11(22)7-24-16(23)15-13(19)12(18)10(17)6-20-15/h3-6H,7H2,1-2H3,(H,21,22). The Kier molecular flexibility index (Phi) is 6.04. The van der Waals surface area contributed by atoms with Crippen LogP contribution in [0.2, 0.25) is 15.1 Å². The number of carbonyl (C=O) groups is 2. The molecule has 1 amide bonds. The number of anilines is 1. The lowest BCUT2D eigenvalue weighted by molar-refractivity contribution is -0.119. The number of para-hydroxylation sites is 1. The van der Waals surface area contributed by atoms with Crippen molar-refractivity contribution in [3.63, 3.8) is 0 Å². The van der Waals surface area contributed by atoms with Crippen molar-refractivity contribution >= 4 is 52.4 Å². The van der Waals surface area contributed by atoms with E-state index in [2.05, 4.69) is 10.3 Å². The highest BCUT2D eigenvalue weighted by Crippen LogP contribution is 2.31. The summed E-state index contributed by atoms with van der Waals surface area (Å²) in [4.78, 5) is 27.7. The van der Waals surface area contributed by atoms with Crippen LogP contribution in [0.4, 0.5) is 5.69 Å². The van der Waals surface area contributed by atoms with Crippen LogP contribution in [0.1, 0.15) is 21.6 Å². The Labute approximate surface area is 153 Å². The van der Waals surface area contributed by atoms with Crippen LogP contribution in [0.15, 0.2) is 24.4 Å². The van der Waals surface area contributed by atoms with Crippen LogP contribution in [0.25, 0.3) is 0 Å². The highest BCUT2D eigenvalue weighted by atomic mass is 35.5. The van der Waals surface area contributed by atoms with Crippen LogP contribution in [-0.4, -0.2) is 23.5 Å². The van der Waals surface area contributed by atoms with Gasteiger partial charge in [-0.3, -0.25) is 4.79 Å². The summed E-state index contributed by atoms with van der Waals surface area (Å²) in [6.07, 6.45) is 1.18. The zero-order valence-electron chi connectivity index (χ0n) is 12.8. The fraction of sp³-hybridized carbons (Fsp3) is 0.188. The summed E-state index contributed by atoms with van der Waals surface area (Å²) in [5, 5.41) is 2.70. The maximum atomic E-state index is 12.0. The first-order valence-corrected chi connectivity index (χ1v) is 7.97. The molecule has 126 valence electrons. The Hall–Kier alpha value is -1.82. The maximum Gasteiger partial charge on any atom is 0.359 e. The van der Waals surface area contributed by atoms with E-state index in [4.69, 9.17) is 39.5 Å². The smallest absolute Gasteiger partial charge is 0.359 e. The van der Waals surface area contributed by atoms with Crippen molar-refractivity contribution in [2.75, 3.05) is 11.9 Å². The van der Waals surface area contributed by atoms with Gasteiger partial charge in [-0.15, -0.1) is 0 Å². The molecule has 24 heavy (non-hydrogen) atoms. The number of amides is 1. The molecule has 5 nitrogen and oxygen atoms in total. The molecule has 1 aromatic carbocycles. The van der Waals surface area contributed by atoms with Crippen LogP contribution in [0.5, 0.6) is 0 Å². The molecule has 0 atom stereocenters. The summed E-state index contributed by atoms with van der Waals surface area (Å²) in [5.74, 6) is -1.34. The molecule has 1 aromatic heterocycles. The van der Waals surface area contributed by atoms with Crippen molar-refractivity contribution < 1.29 is 14.3 Å². The minimum absolute atomic E-state index is 0.000250. The molecule has 0 saturated heterocycles. The van der Waals surface area contributed by atoms with E-state index in [-0.39, 0.29) is 20.8 Å². The number of ether oxygens (including phenoxy) is 1. The highest BCUT2D eigenvalue weighted by Gasteiger charge is 2.19. The van der Waals surface area contributed by atoms with Gasteiger partial charge in [-0.2, -0.15) is 0 Å². The van der Waals surface area contributed by atoms with E-state index in [9.17, 15) is 9.59 Å². The van der Waals surface area contributed by atoms with Crippen molar-refractivity contribution in [1.82, 2.24) is 4.98 Å². The van der Waals surface area contributed by atoms with Gasteiger partial charge in [-0.25, -0.2) is 9.78 Å². The van der Waals surface area contributed by atoms with E-state index in [1.165, 1.54) is 6.20 Å². The second-order valence-corrected chi connectivity index (χ2v) is 6.14. The Balaban J connectivity index is 2.02. The first kappa shape index (κ1) is 18.5. The van der Waals surface area contributed by atoms with Gasteiger partial charge in [0.25, 0.3) is 5.91 Å². The van der Waals surface area contributed by atoms with E-state index in [0.29, 0.717) is 5.69 Å². The normalized spacial score (nSPS) is 10.4. The molecular formula is C16H13Cl3N2O3. The average Bonchev–Trinajstić information content (AvgIpc) is 2.54. The third-order valence-corrected chi connectivity index (χ3v) is 4.43. The molecule has 8 heteroatoms. The molecule has 1 N–H and O–H groups in total. The SMILES string of the molecule is Cc1cccc(C)c1NC(=O)COC(=O)c1ncc(Cl)c(Cl)c1Cl. The van der Waals surface area contributed by atoms with Crippen molar-refractivity contribution in [3.8, 4) is 0 Å². The largest absolute Gasteiger partial charge is 0.451 e. The van der Waals surface area contributed by atoms with Crippen LogP contribution >= 0.6 is 34.8 Å². The number of carbonyl (C=O) groups excluding carboxylic acids is 2. The zero-order valence-corrected chi connectivity index (χ0v) is 15.1. The van der Waals surface area contributed by atoms with Gasteiger partial charge in [0.05, 0.1) is 15.1 Å². The third kappa shape index (κ3) is 4.17. The number of esters is 1. The minimum Gasteiger partial charge on any atom is -0.451 e. The Bertz CT molecular complexity index is 789. The molecule has 0 saturated carbocycles. The number of hydrogen-bond donors (Lipinski definition) is 1. The molecule has 0 spiro atoms. The van der Waals surface area contributed by atoms with Crippen molar-refractivity contribution in [1.29, 1.82) is 0 Å². The summed E-state index contributed by atoms with van der Waals surface area (Å²) in [5.41, 5.74) is 2.29. The van der Waals surface area contributed by atoms with Gasteiger partial charge >= 0.3 is 5.97 Å². The highest BCUT2D eigenvalue weighted by molar-refractivity contribution is 6.48. The van der Waals surface area contributed by atoms with Gasteiger partial charge in [0.2, 0.25) is 0 Å². The molecule has 1 heterocycles. The third-order valence-electron chi connectivity index (χ3n) is 3.19. The van der Waals surface area contributed by atoms with Crippen LogP contribution in [0.3, 0.4) is 0 Å². The molecule has 0 aliphatic heterocycles. The van der Waals surface area contributed by atoms with E-state index in [1.807, 2.05) is 32.0 Å². The predicted molar refractivity (Wildman–Crippen MR) is 94.1 cm³/mol. The lowest BCUT2D eigenvalue weighted by atomic mass is 10.1. The molecule has 0 fully saturated rings. The number of hydrogen-bond acceptors (Lipinski definition) is 4. The first-order valence-electron chi connectivity index (χ1n) is 6.84. The van der Waals surface area contributed by atoms with Gasteiger partial charge in [0.15, 0.2) is 12.3 Å². The zero-order chi connectivity index (χ0) is 17.9. The molecule has 0 radical (unpaired) electrons. The summed E-state index contributed by atoms with van der Waals surface area (Å²) in [7, 11) is 0. The summed E-state index contributed by atoms with van der Waals surface area (Å²) >= 11 is 17.5. The second-order valence-electron chi connectivity index (χ2n) is 4.97. The fourth-order valence-corrected chi connectivity index (χ4v) is 2.53. The van der Waals surface area contributed by atoms with E-state index < -0.39 is 18.5 Å². The van der Waals surface area contributed by atoms with Crippen molar-refractivity contribution in [2.45, 2.75) is 13.8 Å². The molecule has 0 bridgehead atoms. The summed E-state index contributed by atoms with van der Waals surface area (Å²) < 4.78 is 4.92. The number of nitrogens with one attached hydrogen (secondary N) is 1.